The van der Waals surface area contributed by atoms with Crippen molar-refractivity contribution >= 4 is 11.9 Å². The second-order valence-electron chi connectivity index (χ2n) is 5.18. The third-order valence-electron chi connectivity index (χ3n) is 3.56. The van der Waals surface area contributed by atoms with E-state index in [4.69, 9.17) is 0 Å². The van der Waals surface area contributed by atoms with Crippen molar-refractivity contribution in [3.63, 3.8) is 0 Å². The monoisotopic (exact) mass is 255 g/mol. The Kier molecular flexibility index (Phi) is 4.54. The average molecular weight is 255 g/mol. The number of urea groups is 1. The number of aliphatic hydroxyl groups is 1. The van der Waals surface area contributed by atoms with Gasteiger partial charge in [-0.05, 0) is 19.3 Å². The maximum atomic E-state index is 11.6. The zero-order chi connectivity index (χ0) is 13.0. The highest BCUT2D eigenvalue weighted by atomic mass is 16.3. The third kappa shape index (κ3) is 3.96. The number of amides is 3. The SMILES string of the molecule is O=C(CN1CC[C@H](O)C1)NC(=O)NC1CCCC1. The Morgan fingerprint density at radius 2 is 1.94 bits per heavy atom. The maximum Gasteiger partial charge on any atom is 0.321 e. The number of hydrogen-bond acceptors (Lipinski definition) is 4. The number of aliphatic hydroxyl groups excluding tert-OH is 1. The van der Waals surface area contributed by atoms with E-state index in [1.54, 1.807) is 0 Å². The average Bonchev–Trinajstić information content (AvgIpc) is 2.90. The predicted octanol–water partition coefficient (Wildman–Crippen LogP) is -0.179. The molecular weight excluding hydrogens is 234 g/mol. The summed E-state index contributed by atoms with van der Waals surface area (Å²) in [5, 5.41) is 14.5. The van der Waals surface area contributed by atoms with Gasteiger partial charge in [0, 0.05) is 19.1 Å². The van der Waals surface area contributed by atoms with Crippen molar-refractivity contribution < 1.29 is 14.7 Å². The number of carbonyl (C=O) groups excluding carboxylic acids is 2. The van der Waals surface area contributed by atoms with Crippen LogP contribution in [-0.4, -0.2) is 53.7 Å². The van der Waals surface area contributed by atoms with E-state index in [9.17, 15) is 14.7 Å². The van der Waals surface area contributed by atoms with Crippen LogP contribution in [0.5, 0.6) is 0 Å². The summed E-state index contributed by atoms with van der Waals surface area (Å²) < 4.78 is 0. The summed E-state index contributed by atoms with van der Waals surface area (Å²) in [4.78, 5) is 25.0. The fourth-order valence-electron chi connectivity index (χ4n) is 2.62. The zero-order valence-electron chi connectivity index (χ0n) is 10.5. The van der Waals surface area contributed by atoms with Gasteiger partial charge in [-0.15, -0.1) is 0 Å². The Labute approximate surface area is 107 Å². The molecule has 2 fully saturated rings. The van der Waals surface area contributed by atoms with E-state index in [-0.39, 0.29) is 24.6 Å². The Morgan fingerprint density at radius 1 is 1.22 bits per heavy atom. The van der Waals surface area contributed by atoms with Gasteiger partial charge in [-0.25, -0.2) is 4.79 Å². The summed E-state index contributed by atoms with van der Waals surface area (Å²) in [5.41, 5.74) is 0. The molecule has 1 heterocycles. The highest BCUT2D eigenvalue weighted by molar-refractivity contribution is 5.95. The van der Waals surface area contributed by atoms with E-state index in [2.05, 4.69) is 10.6 Å². The number of nitrogens with one attached hydrogen (secondary N) is 2. The van der Waals surface area contributed by atoms with Crippen molar-refractivity contribution in [3.05, 3.63) is 0 Å². The molecule has 1 saturated carbocycles. The zero-order valence-corrected chi connectivity index (χ0v) is 10.5. The van der Waals surface area contributed by atoms with Crippen molar-refractivity contribution in [3.8, 4) is 0 Å². The molecule has 1 saturated heterocycles. The van der Waals surface area contributed by atoms with E-state index >= 15 is 0 Å². The Balaban J connectivity index is 1.65. The molecule has 3 N–H and O–H groups in total. The van der Waals surface area contributed by atoms with Gasteiger partial charge in [-0.1, -0.05) is 12.8 Å². The first kappa shape index (κ1) is 13.3. The molecule has 0 bridgehead atoms. The Morgan fingerprint density at radius 3 is 2.56 bits per heavy atom. The first-order valence-corrected chi connectivity index (χ1v) is 6.64. The standard InChI is InChI=1S/C12H21N3O3/c16-10-5-6-15(7-10)8-11(17)14-12(18)13-9-3-1-2-4-9/h9-10,16H,1-8H2,(H2,13,14,17,18)/t10-/m0/s1. The van der Waals surface area contributed by atoms with Crippen LogP contribution < -0.4 is 10.6 Å². The minimum absolute atomic E-state index is 0.176. The molecule has 1 aliphatic carbocycles. The molecule has 18 heavy (non-hydrogen) atoms. The van der Waals surface area contributed by atoms with Crippen molar-refractivity contribution in [2.75, 3.05) is 19.6 Å². The summed E-state index contributed by atoms with van der Waals surface area (Å²) in [6, 6.07) is -0.182. The molecule has 6 nitrogen and oxygen atoms in total. The lowest BCUT2D eigenvalue weighted by Crippen LogP contribution is -2.46. The van der Waals surface area contributed by atoms with Crippen LogP contribution in [0.3, 0.4) is 0 Å². The van der Waals surface area contributed by atoms with E-state index in [0.29, 0.717) is 19.5 Å². The first-order chi connectivity index (χ1) is 8.63. The second-order valence-corrected chi connectivity index (χ2v) is 5.18. The van der Waals surface area contributed by atoms with Gasteiger partial charge in [0.25, 0.3) is 0 Å². The Bertz CT molecular complexity index is 316. The number of β-amino-alcohol motifs (C(OH)–C–C–N with tert-alkyl or cyclic N) is 1. The van der Waals surface area contributed by atoms with E-state index in [1.807, 2.05) is 4.90 Å². The minimum atomic E-state index is -0.397. The van der Waals surface area contributed by atoms with Crippen LogP contribution >= 0.6 is 0 Å². The number of likely N-dealkylation sites (tertiary alicyclic amines) is 1. The molecule has 3 amide bonds. The molecule has 0 spiro atoms. The molecule has 102 valence electrons. The molecule has 0 aromatic carbocycles. The highest BCUT2D eigenvalue weighted by Crippen LogP contribution is 2.17. The topological polar surface area (TPSA) is 81.7 Å². The van der Waals surface area contributed by atoms with E-state index in [0.717, 1.165) is 25.7 Å². The van der Waals surface area contributed by atoms with Crippen molar-refractivity contribution in [1.29, 1.82) is 0 Å². The van der Waals surface area contributed by atoms with Gasteiger partial charge in [0.05, 0.1) is 12.6 Å². The van der Waals surface area contributed by atoms with E-state index < -0.39 is 6.03 Å². The number of imide groups is 1. The van der Waals surface area contributed by atoms with Gasteiger partial charge in [-0.3, -0.25) is 15.0 Å². The number of hydrogen-bond donors (Lipinski definition) is 3. The molecule has 0 radical (unpaired) electrons. The van der Waals surface area contributed by atoms with Gasteiger partial charge in [0.2, 0.25) is 5.91 Å². The summed E-state index contributed by atoms with van der Waals surface area (Å²) in [6.45, 7) is 1.39. The summed E-state index contributed by atoms with van der Waals surface area (Å²) >= 11 is 0. The number of nitrogens with zero attached hydrogens (tertiary/aromatic N) is 1. The number of rotatable bonds is 3. The van der Waals surface area contributed by atoms with Crippen LogP contribution in [0.1, 0.15) is 32.1 Å². The van der Waals surface area contributed by atoms with E-state index in [1.165, 1.54) is 0 Å². The lowest BCUT2D eigenvalue weighted by molar-refractivity contribution is -0.121. The molecule has 1 atom stereocenters. The minimum Gasteiger partial charge on any atom is -0.392 e. The van der Waals surface area contributed by atoms with Crippen LogP contribution in [0.4, 0.5) is 4.79 Å². The summed E-state index contributed by atoms with van der Waals surface area (Å²) in [6.07, 6.45) is 4.64. The molecule has 1 aliphatic heterocycles. The molecule has 6 heteroatoms. The largest absolute Gasteiger partial charge is 0.392 e. The molecule has 2 rings (SSSR count). The molecule has 0 aromatic heterocycles. The molecule has 2 aliphatic rings. The summed E-state index contributed by atoms with van der Waals surface area (Å²) in [5.74, 6) is -0.306. The lowest BCUT2D eigenvalue weighted by atomic mass is 10.2. The predicted molar refractivity (Wildman–Crippen MR) is 66.0 cm³/mol. The van der Waals surface area contributed by atoms with Crippen LogP contribution in [0.2, 0.25) is 0 Å². The van der Waals surface area contributed by atoms with Gasteiger partial charge < -0.3 is 10.4 Å². The van der Waals surface area contributed by atoms with Gasteiger partial charge in [0.1, 0.15) is 0 Å². The lowest BCUT2D eigenvalue weighted by Gasteiger charge is -2.15. The normalized spacial score (nSPS) is 25.3. The van der Waals surface area contributed by atoms with Crippen LogP contribution in [0.15, 0.2) is 0 Å². The third-order valence-corrected chi connectivity index (χ3v) is 3.56. The maximum absolute atomic E-state index is 11.6. The van der Waals surface area contributed by atoms with Gasteiger partial charge in [0.15, 0.2) is 0 Å². The Hall–Kier alpha value is -1.14. The molecule has 0 unspecified atom stereocenters. The fourth-order valence-corrected chi connectivity index (χ4v) is 2.62. The smallest absolute Gasteiger partial charge is 0.321 e. The summed E-state index contributed by atoms with van der Waals surface area (Å²) in [7, 11) is 0. The first-order valence-electron chi connectivity index (χ1n) is 6.64. The van der Waals surface area contributed by atoms with Crippen molar-refractivity contribution in [2.45, 2.75) is 44.2 Å². The van der Waals surface area contributed by atoms with Crippen molar-refractivity contribution in [1.82, 2.24) is 15.5 Å². The fraction of sp³-hybridized carbons (Fsp3) is 0.833. The van der Waals surface area contributed by atoms with Gasteiger partial charge >= 0.3 is 6.03 Å². The van der Waals surface area contributed by atoms with Gasteiger partial charge in [-0.2, -0.15) is 0 Å². The second kappa shape index (κ2) is 6.15. The van der Waals surface area contributed by atoms with Crippen molar-refractivity contribution in [2.24, 2.45) is 0 Å². The number of carbonyl (C=O) groups is 2. The van der Waals surface area contributed by atoms with Crippen LogP contribution in [0, 0.1) is 0 Å². The molecule has 0 aromatic rings. The van der Waals surface area contributed by atoms with Crippen LogP contribution in [-0.2, 0) is 4.79 Å². The quantitative estimate of drug-likeness (QED) is 0.653. The highest BCUT2D eigenvalue weighted by Gasteiger charge is 2.23. The molecular formula is C12H21N3O3. The van der Waals surface area contributed by atoms with Crippen LogP contribution in [0.25, 0.3) is 0 Å².